The Morgan fingerprint density at radius 2 is 1.75 bits per heavy atom. The normalized spacial score (nSPS) is 10.3. The minimum Gasteiger partial charge on any atom is -0.332 e. The molecule has 2 rings (SSSR count). The van der Waals surface area contributed by atoms with Crippen LogP contribution >= 0.6 is 0 Å². The Morgan fingerprint density at radius 1 is 1.12 bits per heavy atom. The van der Waals surface area contributed by atoms with E-state index in [1.54, 1.807) is 19.1 Å². The van der Waals surface area contributed by atoms with Gasteiger partial charge in [-0.15, -0.1) is 0 Å². The van der Waals surface area contributed by atoms with Crippen molar-refractivity contribution < 1.29 is 0 Å². The molecule has 5 heteroatoms. The van der Waals surface area contributed by atoms with Gasteiger partial charge in [-0.25, -0.2) is 4.79 Å². The van der Waals surface area contributed by atoms with Gasteiger partial charge in [-0.1, -0.05) is 18.2 Å². The first kappa shape index (κ1) is 10.2. The number of hydrogen-bond acceptors (Lipinski definition) is 3. The van der Waals surface area contributed by atoms with Gasteiger partial charge in [0.1, 0.15) is 0 Å². The van der Waals surface area contributed by atoms with E-state index in [-0.39, 0.29) is 0 Å². The molecule has 2 N–H and O–H groups in total. The second-order valence-corrected chi connectivity index (χ2v) is 3.48. The quantitative estimate of drug-likeness (QED) is 0.685. The summed E-state index contributed by atoms with van der Waals surface area (Å²) in [6, 6.07) is 9.00. The Morgan fingerprint density at radius 3 is 2.38 bits per heavy atom. The molecule has 0 unspecified atom stereocenters. The topological polar surface area (TPSA) is 70.0 Å². The first-order valence-electron chi connectivity index (χ1n) is 4.77. The van der Waals surface area contributed by atoms with Crippen LogP contribution in [-0.2, 0) is 0 Å². The summed E-state index contributed by atoms with van der Waals surface area (Å²) in [5.41, 5.74) is 0.0692. The zero-order chi connectivity index (χ0) is 11.7. The van der Waals surface area contributed by atoms with Crippen LogP contribution in [0.5, 0.6) is 0 Å². The molecule has 0 atom stereocenters. The number of aryl methyl sites for hydroxylation is 1. The van der Waals surface area contributed by atoms with Gasteiger partial charge in [0, 0.05) is 11.8 Å². The van der Waals surface area contributed by atoms with E-state index in [4.69, 9.17) is 5.84 Å². The van der Waals surface area contributed by atoms with E-state index >= 15 is 0 Å². The van der Waals surface area contributed by atoms with E-state index in [2.05, 4.69) is 0 Å². The van der Waals surface area contributed by atoms with E-state index in [0.717, 1.165) is 0 Å². The van der Waals surface area contributed by atoms with Crippen LogP contribution in [0.25, 0.3) is 5.69 Å². The summed E-state index contributed by atoms with van der Waals surface area (Å²) in [6.07, 6.45) is 1.49. The van der Waals surface area contributed by atoms with Crippen LogP contribution < -0.4 is 17.1 Å². The molecule has 0 radical (unpaired) electrons. The summed E-state index contributed by atoms with van der Waals surface area (Å²) in [5.74, 6) is 5.39. The fraction of sp³-hybridized carbons (Fsp3) is 0.0909. The molecule has 2 aromatic rings. The number of nitrogen functional groups attached to an aromatic ring is 1. The number of benzene rings is 1. The zero-order valence-corrected chi connectivity index (χ0v) is 8.75. The van der Waals surface area contributed by atoms with Crippen LogP contribution in [0, 0.1) is 6.92 Å². The molecule has 0 saturated heterocycles. The molecule has 0 amide bonds. The molecule has 16 heavy (non-hydrogen) atoms. The molecular weight excluding hydrogens is 206 g/mol. The summed E-state index contributed by atoms with van der Waals surface area (Å²) in [6.45, 7) is 1.62. The molecule has 0 aliphatic heterocycles. The molecular formula is C11H11N3O2. The van der Waals surface area contributed by atoms with Crippen LogP contribution in [0.2, 0.25) is 0 Å². The summed E-state index contributed by atoms with van der Waals surface area (Å²) < 4.78 is 1.96. The molecule has 0 bridgehead atoms. The SMILES string of the molecule is Cc1cn(-c2ccccc2)c(=O)n(N)c1=O. The zero-order valence-electron chi connectivity index (χ0n) is 8.75. The Kier molecular flexibility index (Phi) is 2.36. The molecule has 1 aromatic carbocycles. The molecule has 0 aliphatic rings. The molecule has 0 fully saturated rings. The highest BCUT2D eigenvalue weighted by atomic mass is 16.2. The van der Waals surface area contributed by atoms with Crippen molar-refractivity contribution in [1.29, 1.82) is 0 Å². The van der Waals surface area contributed by atoms with Crippen molar-refractivity contribution in [2.45, 2.75) is 6.92 Å². The predicted octanol–water partition coefficient (Wildman–Crippen LogP) is 0.0214. The number of rotatable bonds is 1. The van der Waals surface area contributed by atoms with E-state index in [1.165, 1.54) is 10.8 Å². The van der Waals surface area contributed by atoms with Crippen molar-refractivity contribution in [3.63, 3.8) is 0 Å². The highest BCUT2D eigenvalue weighted by molar-refractivity contribution is 5.31. The highest BCUT2D eigenvalue weighted by Gasteiger charge is 2.06. The molecule has 0 spiro atoms. The minimum atomic E-state index is -0.554. The van der Waals surface area contributed by atoms with Gasteiger partial charge in [0.05, 0.1) is 5.69 Å². The molecule has 0 aliphatic carbocycles. The maximum absolute atomic E-state index is 11.7. The first-order valence-corrected chi connectivity index (χ1v) is 4.77. The first-order chi connectivity index (χ1) is 7.61. The van der Waals surface area contributed by atoms with Gasteiger partial charge in [0.15, 0.2) is 0 Å². The monoisotopic (exact) mass is 217 g/mol. The third-order valence-corrected chi connectivity index (χ3v) is 2.33. The van der Waals surface area contributed by atoms with Gasteiger partial charge in [-0.2, -0.15) is 4.68 Å². The molecule has 1 aromatic heterocycles. The number of hydrogen-bond donors (Lipinski definition) is 1. The Labute approximate surface area is 91.3 Å². The average Bonchev–Trinajstić information content (AvgIpc) is 2.32. The van der Waals surface area contributed by atoms with Crippen molar-refractivity contribution >= 4 is 0 Å². The molecule has 1 heterocycles. The van der Waals surface area contributed by atoms with E-state index in [9.17, 15) is 9.59 Å². The lowest BCUT2D eigenvalue weighted by Crippen LogP contribution is -2.44. The molecule has 5 nitrogen and oxygen atoms in total. The van der Waals surface area contributed by atoms with E-state index in [0.29, 0.717) is 15.9 Å². The fourth-order valence-corrected chi connectivity index (χ4v) is 1.47. The predicted molar refractivity (Wildman–Crippen MR) is 61.2 cm³/mol. The maximum Gasteiger partial charge on any atom is 0.354 e. The van der Waals surface area contributed by atoms with E-state index < -0.39 is 11.2 Å². The van der Waals surface area contributed by atoms with Crippen molar-refractivity contribution in [2.75, 3.05) is 5.84 Å². The average molecular weight is 217 g/mol. The van der Waals surface area contributed by atoms with Crippen LogP contribution in [0.15, 0.2) is 46.1 Å². The number of para-hydroxylation sites is 1. The fourth-order valence-electron chi connectivity index (χ4n) is 1.47. The molecule has 82 valence electrons. The lowest BCUT2D eigenvalue weighted by Gasteiger charge is -2.07. The highest BCUT2D eigenvalue weighted by Crippen LogP contribution is 2.02. The summed E-state index contributed by atoms with van der Waals surface area (Å²) in [4.78, 5) is 23.1. The second kappa shape index (κ2) is 3.69. The van der Waals surface area contributed by atoms with Crippen molar-refractivity contribution in [3.05, 3.63) is 62.9 Å². The van der Waals surface area contributed by atoms with Crippen LogP contribution in [0.4, 0.5) is 0 Å². The van der Waals surface area contributed by atoms with Crippen LogP contribution in [0.1, 0.15) is 5.56 Å². The summed E-state index contributed by atoms with van der Waals surface area (Å²) >= 11 is 0. The minimum absolute atomic E-state index is 0.422. The standard InChI is InChI=1S/C11H11N3O2/c1-8-7-13(9-5-3-2-4-6-9)11(16)14(12)10(8)15/h2-7H,12H2,1H3. The smallest absolute Gasteiger partial charge is 0.332 e. The van der Waals surface area contributed by atoms with Gasteiger partial charge in [-0.3, -0.25) is 9.36 Å². The van der Waals surface area contributed by atoms with Gasteiger partial charge >= 0.3 is 5.69 Å². The van der Waals surface area contributed by atoms with Gasteiger partial charge in [0.25, 0.3) is 5.56 Å². The number of aromatic nitrogens is 2. The van der Waals surface area contributed by atoms with Crippen LogP contribution in [-0.4, -0.2) is 9.24 Å². The number of nitrogens with two attached hydrogens (primary N) is 1. The van der Waals surface area contributed by atoms with Crippen molar-refractivity contribution in [2.24, 2.45) is 0 Å². The van der Waals surface area contributed by atoms with Gasteiger partial charge in [-0.05, 0) is 19.1 Å². The summed E-state index contributed by atoms with van der Waals surface area (Å²) in [7, 11) is 0. The Bertz CT molecular complexity index is 626. The lowest BCUT2D eigenvalue weighted by atomic mass is 10.3. The van der Waals surface area contributed by atoms with Crippen LogP contribution in [0.3, 0.4) is 0 Å². The third kappa shape index (κ3) is 1.52. The van der Waals surface area contributed by atoms with Gasteiger partial charge < -0.3 is 5.84 Å². The van der Waals surface area contributed by atoms with Crippen molar-refractivity contribution in [1.82, 2.24) is 9.24 Å². The second-order valence-electron chi connectivity index (χ2n) is 3.48. The summed E-state index contributed by atoms with van der Waals surface area (Å²) in [5, 5.41) is 0. The Hall–Kier alpha value is -2.30. The third-order valence-electron chi connectivity index (χ3n) is 2.33. The van der Waals surface area contributed by atoms with E-state index in [1.807, 2.05) is 18.2 Å². The lowest BCUT2D eigenvalue weighted by molar-refractivity contribution is 0.759. The van der Waals surface area contributed by atoms with Gasteiger partial charge in [0.2, 0.25) is 0 Å². The Balaban J connectivity index is 2.78. The maximum atomic E-state index is 11.7. The largest absolute Gasteiger partial charge is 0.354 e. The van der Waals surface area contributed by atoms with Crippen molar-refractivity contribution in [3.8, 4) is 5.69 Å². The molecule has 0 saturated carbocycles. The number of nitrogens with zero attached hydrogens (tertiary/aromatic N) is 2.